The van der Waals surface area contributed by atoms with Crippen LogP contribution in [0.15, 0.2) is 24.5 Å². The van der Waals surface area contributed by atoms with Crippen LogP contribution >= 0.6 is 0 Å². The minimum absolute atomic E-state index is 0.0830. The molecule has 0 unspecified atom stereocenters. The largest absolute Gasteiger partial charge is 0.355 e. The van der Waals surface area contributed by atoms with Crippen molar-refractivity contribution < 1.29 is 9.59 Å². The fraction of sp³-hybridized carbons (Fsp3) is 0.533. The number of carbonyl (C=O) groups is 2. The molecular formula is C15H24N4O2. The van der Waals surface area contributed by atoms with Crippen molar-refractivity contribution in [2.45, 2.75) is 19.9 Å². The Morgan fingerprint density at radius 2 is 1.90 bits per heavy atom. The van der Waals surface area contributed by atoms with E-state index in [2.05, 4.69) is 15.2 Å². The Morgan fingerprint density at radius 1 is 1.24 bits per heavy atom. The summed E-state index contributed by atoms with van der Waals surface area (Å²) in [5.74, 6) is -0.242. The molecule has 1 rings (SSSR count). The topological polar surface area (TPSA) is 65.5 Å². The molecule has 0 fully saturated rings. The third-order valence-electron chi connectivity index (χ3n) is 3.01. The lowest BCUT2D eigenvalue weighted by atomic mass is 10.2. The van der Waals surface area contributed by atoms with Crippen molar-refractivity contribution >= 4 is 11.8 Å². The van der Waals surface area contributed by atoms with Crippen LogP contribution in [0.3, 0.4) is 0 Å². The van der Waals surface area contributed by atoms with Crippen LogP contribution < -0.4 is 5.32 Å². The highest BCUT2D eigenvalue weighted by Gasteiger charge is 2.13. The number of hydrogen-bond acceptors (Lipinski definition) is 4. The number of aromatic nitrogens is 1. The maximum atomic E-state index is 11.9. The molecule has 0 spiro atoms. The number of nitrogens with zero attached hydrogens (tertiary/aromatic N) is 3. The van der Waals surface area contributed by atoms with E-state index in [4.69, 9.17) is 0 Å². The molecule has 6 heteroatoms. The first-order valence-electron chi connectivity index (χ1n) is 7.05. The minimum Gasteiger partial charge on any atom is -0.355 e. The molecule has 0 atom stereocenters. The Bertz CT molecular complexity index is 448. The van der Waals surface area contributed by atoms with Crippen molar-refractivity contribution in [3.63, 3.8) is 0 Å². The van der Waals surface area contributed by atoms with Crippen molar-refractivity contribution in [3.05, 3.63) is 30.1 Å². The van der Waals surface area contributed by atoms with E-state index in [1.165, 1.54) is 11.8 Å². The van der Waals surface area contributed by atoms with E-state index >= 15 is 0 Å². The van der Waals surface area contributed by atoms with Gasteiger partial charge in [-0.15, -0.1) is 0 Å². The smallest absolute Gasteiger partial charge is 0.239 e. The summed E-state index contributed by atoms with van der Waals surface area (Å²) >= 11 is 0. The van der Waals surface area contributed by atoms with E-state index < -0.39 is 0 Å². The average Bonchev–Trinajstić information content (AvgIpc) is 2.44. The maximum Gasteiger partial charge on any atom is 0.239 e. The quantitative estimate of drug-likeness (QED) is 0.709. The number of hydrogen-bond donors (Lipinski definition) is 1. The lowest BCUT2D eigenvalue weighted by Crippen LogP contribution is -2.40. The molecule has 1 aromatic rings. The minimum atomic E-state index is -0.127. The molecule has 1 N–H and O–H groups in total. The van der Waals surface area contributed by atoms with Gasteiger partial charge in [-0.25, -0.2) is 0 Å². The van der Waals surface area contributed by atoms with Crippen LogP contribution in [-0.4, -0.2) is 60.3 Å². The van der Waals surface area contributed by atoms with Gasteiger partial charge >= 0.3 is 0 Å². The molecule has 21 heavy (non-hydrogen) atoms. The van der Waals surface area contributed by atoms with Gasteiger partial charge in [-0.2, -0.15) is 0 Å². The molecule has 0 radical (unpaired) electrons. The highest BCUT2D eigenvalue weighted by molar-refractivity contribution is 5.83. The molecule has 0 aliphatic carbocycles. The van der Waals surface area contributed by atoms with Crippen LogP contribution in [0.4, 0.5) is 0 Å². The predicted molar refractivity (Wildman–Crippen MR) is 81.5 cm³/mol. The highest BCUT2D eigenvalue weighted by atomic mass is 16.2. The standard InChI is InChI=1S/C15H24N4O2/c1-13(20)19(11-14-5-8-16-9-6-14)12-15(21)17-7-4-10-18(2)3/h5-6,8-9H,4,7,10-12H2,1-3H3,(H,17,21). The second kappa shape index (κ2) is 9.07. The van der Waals surface area contributed by atoms with Gasteiger partial charge in [-0.3, -0.25) is 14.6 Å². The van der Waals surface area contributed by atoms with E-state index in [9.17, 15) is 9.59 Å². The molecule has 1 aromatic heterocycles. The average molecular weight is 292 g/mol. The molecule has 1 heterocycles. The summed E-state index contributed by atoms with van der Waals surface area (Å²) in [6, 6.07) is 3.68. The van der Waals surface area contributed by atoms with Crippen LogP contribution in [0, 0.1) is 0 Å². The Balaban J connectivity index is 2.40. The van der Waals surface area contributed by atoms with Crippen LogP contribution in [0.5, 0.6) is 0 Å². The van der Waals surface area contributed by atoms with Crippen molar-refractivity contribution in [1.82, 2.24) is 20.1 Å². The second-order valence-corrected chi connectivity index (χ2v) is 5.24. The van der Waals surface area contributed by atoms with E-state index in [0.29, 0.717) is 13.1 Å². The third-order valence-corrected chi connectivity index (χ3v) is 3.01. The molecule has 6 nitrogen and oxygen atoms in total. The summed E-state index contributed by atoms with van der Waals surface area (Å²) < 4.78 is 0. The van der Waals surface area contributed by atoms with Gasteiger partial charge in [0.15, 0.2) is 0 Å². The van der Waals surface area contributed by atoms with Gasteiger partial charge in [0.25, 0.3) is 0 Å². The van der Waals surface area contributed by atoms with Crippen molar-refractivity contribution in [2.24, 2.45) is 0 Å². The summed E-state index contributed by atoms with van der Waals surface area (Å²) in [5, 5.41) is 2.84. The van der Waals surface area contributed by atoms with Crippen molar-refractivity contribution in [2.75, 3.05) is 33.7 Å². The Labute approximate surface area is 126 Å². The van der Waals surface area contributed by atoms with Gasteiger partial charge in [0, 0.05) is 32.4 Å². The molecule has 0 aliphatic heterocycles. The summed E-state index contributed by atoms with van der Waals surface area (Å²) in [6.45, 7) is 3.52. The molecule has 116 valence electrons. The second-order valence-electron chi connectivity index (χ2n) is 5.24. The molecule has 0 saturated carbocycles. The Morgan fingerprint density at radius 3 is 2.48 bits per heavy atom. The summed E-state index contributed by atoms with van der Waals surface area (Å²) in [7, 11) is 3.99. The van der Waals surface area contributed by atoms with Crippen LogP contribution in [0.1, 0.15) is 18.9 Å². The van der Waals surface area contributed by atoms with E-state index in [-0.39, 0.29) is 18.4 Å². The molecule has 0 saturated heterocycles. The summed E-state index contributed by atoms with van der Waals surface area (Å²) in [5.41, 5.74) is 0.959. The first-order chi connectivity index (χ1) is 9.99. The number of amides is 2. The van der Waals surface area contributed by atoms with Gasteiger partial charge in [0.1, 0.15) is 0 Å². The lowest BCUT2D eigenvalue weighted by molar-refractivity contribution is -0.134. The zero-order valence-electron chi connectivity index (χ0n) is 13.0. The fourth-order valence-corrected chi connectivity index (χ4v) is 1.84. The number of nitrogens with one attached hydrogen (secondary N) is 1. The highest BCUT2D eigenvalue weighted by Crippen LogP contribution is 2.03. The number of carbonyl (C=O) groups excluding carboxylic acids is 2. The molecule has 2 amide bonds. The molecule has 0 aliphatic rings. The first-order valence-corrected chi connectivity index (χ1v) is 7.05. The van der Waals surface area contributed by atoms with Crippen molar-refractivity contribution in [3.8, 4) is 0 Å². The fourth-order valence-electron chi connectivity index (χ4n) is 1.84. The predicted octanol–water partition coefficient (Wildman–Crippen LogP) is 0.498. The van der Waals surface area contributed by atoms with Crippen molar-refractivity contribution in [1.29, 1.82) is 0 Å². The van der Waals surface area contributed by atoms with Gasteiger partial charge in [0.2, 0.25) is 11.8 Å². The van der Waals surface area contributed by atoms with Crippen LogP contribution in [0.25, 0.3) is 0 Å². The molecule has 0 bridgehead atoms. The zero-order valence-corrected chi connectivity index (χ0v) is 13.0. The van der Waals surface area contributed by atoms with E-state index in [1.54, 1.807) is 12.4 Å². The zero-order chi connectivity index (χ0) is 15.7. The van der Waals surface area contributed by atoms with Gasteiger partial charge < -0.3 is 15.1 Å². The van der Waals surface area contributed by atoms with Crippen LogP contribution in [-0.2, 0) is 16.1 Å². The van der Waals surface area contributed by atoms with E-state index in [1.807, 2.05) is 26.2 Å². The molecule has 0 aromatic carbocycles. The summed E-state index contributed by atoms with van der Waals surface area (Å²) in [4.78, 5) is 31.0. The van der Waals surface area contributed by atoms with Gasteiger partial charge in [-0.05, 0) is 44.8 Å². The van der Waals surface area contributed by atoms with Crippen LogP contribution in [0.2, 0.25) is 0 Å². The normalized spacial score (nSPS) is 10.5. The Hall–Kier alpha value is -1.95. The Kier molecular flexibility index (Phi) is 7.39. The SMILES string of the molecule is CC(=O)N(CC(=O)NCCCN(C)C)Cc1ccncc1. The van der Waals surface area contributed by atoms with E-state index in [0.717, 1.165) is 18.5 Å². The first kappa shape index (κ1) is 17.1. The summed E-state index contributed by atoms with van der Waals surface area (Å²) in [6.07, 6.45) is 4.24. The van der Waals surface area contributed by atoms with Gasteiger partial charge in [0.05, 0.1) is 6.54 Å². The van der Waals surface area contributed by atoms with Gasteiger partial charge in [-0.1, -0.05) is 0 Å². The number of pyridine rings is 1. The third kappa shape index (κ3) is 7.41. The maximum absolute atomic E-state index is 11.9. The lowest BCUT2D eigenvalue weighted by Gasteiger charge is -2.20. The number of rotatable bonds is 8. The monoisotopic (exact) mass is 292 g/mol. The molecular weight excluding hydrogens is 268 g/mol.